The molecule has 1 saturated carbocycles. The number of halogens is 1. The first-order chi connectivity index (χ1) is 15.7. The van der Waals surface area contributed by atoms with E-state index in [1.54, 1.807) is 0 Å². The highest BCUT2D eigenvalue weighted by atomic mass is 32.1. The van der Waals surface area contributed by atoms with Crippen LogP contribution in [0.4, 0.5) is 27.0 Å². The molecule has 0 unspecified atom stereocenters. The number of anilines is 4. The second-order valence-electron chi connectivity index (χ2n) is 8.08. The summed E-state index contributed by atoms with van der Waals surface area (Å²) in [5.41, 5.74) is 2.05. The largest absolute Gasteiger partial charge is 0.378 e. The van der Waals surface area contributed by atoms with Crippen molar-refractivity contribution in [3.8, 4) is 10.6 Å². The molecule has 2 N–H and O–H groups in total. The maximum atomic E-state index is 14.6. The van der Waals surface area contributed by atoms with Gasteiger partial charge in [-0.1, -0.05) is 24.2 Å². The fourth-order valence-corrected chi connectivity index (χ4v) is 5.13. The van der Waals surface area contributed by atoms with Crippen LogP contribution in [0.15, 0.2) is 24.5 Å². The van der Waals surface area contributed by atoms with Gasteiger partial charge in [-0.3, -0.25) is 0 Å². The molecule has 4 heterocycles. The van der Waals surface area contributed by atoms with Crippen LogP contribution in [-0.2, 0) is 4.74 Å². The molecule has 5 rings (SSSR count). The van der Waals surface area contributed by atoms with Crippen molar-refractivity contribution >= 4 is 33.9 Å². The van der Waals surface area contributed by atoms with Gasteiger partial charge < -0.3 is 20.3 Å². The molecule has 0 atom stereocenters. The molecule has 0 spiro atoms. The van der Waals surface area contributed by atoms with E-state index in [1.165, 1.54) is 30.4 Å². The van der Waals surface area contributed by atoms with E-state index in [4.69, 9.17) is 4.74 Å². The van der Waals surface area contributed by atoms with Gasteiger partial charge in [0.1, 0.15) is 11.5 Å². The lowest BCUT2D eigenvalue weighted by Crippen LogP contribution is -2.36. The lowest BCUT2D eigenvalue weighted by atomic mass is 10.2. The summed E-state index contributed by atoms with van der Waals surface area (Å²) in [6, 6.07) is 4.32. The van der Waals surface area contributed by atoms with Crippen LogP contribution in [0.25, 0.3) is 10.6 Å². The highest BCUT2D eigenvalue weighted by molar-refractivity contribution is 7.19. The molecule has 3 aromatic rings. The van der Waals surface area contributed by atoms with Gasteiger partial charge in [-0.2, -0.15) is 0 Å². The Labute approximate surface area is 190 Å². The maximum absolute atomic E-state index is 14.6. The molecule has 3 aromatic heterocycles. The first-order valence-electron chi connectivity index (χ1n) is 11.0. The Bertz CT molecular complexity index is 1060. The molecule has 8 nitrogen and oxygen atoms in total. The summed E-state index contributed by atoms with van der Waals surface area (Å²) >= 11 is 1.43. The van der Waals surface area contributed by atoms with Crippen molar-refractivity contribution < 1.29 is 9.13 Å². The molecule has 1 aliphatic heterocycles. The lowest BCUT2D eigenvalue weighted by Gasteiger charge is -2.28. The highest BCUT2D eigenvalue weighted by Gasteiger charge is 2.20. The normalized spacial score (nSPS) is 17.0. The Morgan fingerprint density at radius 2 is 1.91 bits per heavy atom. The van der Waals surface area contributed by atoms with E-state index >= 15 is 0 Å². The third-order valence-corrected chi connectivity index (χ3v) is 6.90. The van der Waals surface area contributed by atoms with Gasteiger partial charge in [-0.15, -0.1) is 0 Å². The van der Waals surface area contributed by atoms with Gasteiger partial charge in [0.25, 0.3) is 0 Å². The summed E-state index contributed by atoms with van der Waals surface area (Å²) in [7, 11) is 0. The molecule has 0 amide bonds. The SMILES string of the molecule is Cc1nc(NC2CCCC2)sc1-c1nc(Nc2ccc(N3CCOCC3)cn2)ncc1F. The minimum Gasteiger partial charge on any atom is -0.378 e. The monoisotopic (exact) mass is 455 g/mol. The van der Waals surface area contributed by atoms with Crippen molar-refractivity contribution in [2.75, 3.05) is 41.8 Å². The molecule has 32 heavy (non-hydrogen) atoms. The topological polar surface area (TPSA) is 88.1 Å². The third-order valence-electron chi connectivity index (χ3n) is 5.80. The molecular formula is C22H26FN7OS. The van der Waals surface area contributed by atoms with Crippen LogP contribution in [-0.4, -0.2) is 52.3 Å². The predicted octanol–water partition coefficient (Wildman–Crippen LogP) is 4.38. The third kappa shape index (κ3) is 4.66. The van der Waals surface area contributed by atoms with Crippen LogP contribution >= 0.6 is 11.3 Å². The van der Waals surface area contributed by atoms with Gasteiger partial charge in [0.2, 0.25) is 5.95 Å². The van der Waals surface area contributed by atoms with Crippen LogP contribution in [0.2, 0.25) is 0 Å². The molecule has 2 fully saturated rings. The van der Waals surface area contributed by atoms with Gasteiger partial charge in [-0.25, -0.2) is 24.3 Å². The van der Waals surface area contributed by atoms with Crippen molar-refractivity contribution in [3.63, 3.8) is 0 Å². The van der Waals surface area contributed by atoms with E-state index in [0.29, 0.717) is 22.7 Å². The lowest BCUT2D eigenvalue weighted by molar-refractivity contribution is 0.122. The van der Waals surface area contributed by atoms with E-state index in [0.717, 1.165) is 55.7 Å². The van der Waals surface area contributed by atoms with E-state index in [2.05, 4.69) is 35.5 Å². The minimum atomic E-state index is -0.467. The number of aromatic nitrogens is 4. The zero-order valence-electron chi connectivity index (χ0n) is 18.0. The van der Waals surface area contributed by atoms with E-state index in [1.807, 2.05) is 25.3 Å². The van der Waals surface area contributed by atoms with Crippen molar-refractivity contribution in [2.24, 2.45) is 0 Å². The summed E-state index contributed by atoms with van der Waals surface area (Å²) in [5, 5.41) is 7.38. The Morgan fingerprint density at radius 1 is 1.09 bits per heavy atom. The number of thiazole rings is 1. The first kappa shape index (κ1) is 21.0. The van der Waals surface area contributed by atoms with E-state index in [9.17, 15) is 4.39 Å². The molecule has 0 radical (unpaired) electrons. The van der Waals surface area contributed by atoms with Crippen LogP contribution in [0.3, 0.4) is 0 Å². The van der Waals surface area contributed by atoms with Gasteiger partial charge in [-0.05, 0) is 31.9 Å². The molecule has 1 aliphatic carbocycles. The predicted molar refractivity (Wildman–Crippen MR) is 124 cm³/mol. The molecule has 1 saturated heterocycles. The maximum Gasteiger partial charge on any atom is 0.229 e. The zero-order chi connectivity index (χ0) is 21.9. The number of nitrogens with zero attached hydrogens (tertiary/aromatic N) is 5. The van der Waals surface area contributed by atoms with Gasteiger partial charge in [0, 0.05) is 19.1 Å². The standard InChI is InChI=1S/C22H26FN7OS/c1-14-20(32-22(26-14)27-15-4-2-3-5-15)19-17(23)13-25-21(29-19)28-18-7-6-16(12-24-18)30-8-10-31-11-9-30/h6-7,12-13,15H,2-5,8-11H2,1H3,(H,26,27)(H,24,25,28,29). The van der Waals surface area contributed by atoms with Gasteiger partial charge >= 0.3 is 0 Å². The number of ether oxygens (including phenoxy) is 1. The van der Waals surface area contributed by atoms with Crippen LogP contribution in [0.5, 0.6) is 0 Å². The van der Waals surface area contributed by atoms with E-state index < -0.39 is 5.82 Å². The van der Waals surface area contributed by atoms with Crippen LogP contribution in [0.1, 0.15) is 31.4 Å². The Balaban J connectivity index is 1.32. The van der Waals surface area contributed by atoms with Crippen molar-refractivity contribution in [3.05, 3.63) is 36.0 Å². The number of aryl methyl sites for hydroxylation is 1. The summed E-state index contributed by atoms with van der Waals surface area (Å²) in [6.07, 6.45) is 7.79. The van der Waals surface area contributed by atoms with Crippen molar-refractivity contribution in [2.45, 2.75) is 38.6 Å². The fraction of sp³-hybridized carbons (Fsp3) is 0.455. The second kappa shape index (κ2) is 9.33. The number of rotatable bonds is 6. The highest BCUT2D eigenvalue weighted by Crippen LogP contribution is 2.35. The molecule has 0 bridgehead atoms. The Hall–Kier alpha value is -2.85. The van der Waals surface area contributed by atoms with Crippen molar-refractivity contribution in [1.29, 1.82) is 0 Å². The molecule has 2 aliphatic rings. The minimum absolute atomic E-state index is 0.252. The molecule has 0 aromatic carbocycles. The van der Waals surface area contributed by atoms with Crippen LogP contribution in [0, 0.1) is 12.7 Å². The summed E-state index contributed by atoms with van der Waals surface area (Å²) in [5.74, 6) is 0.431. The zero-order valence-corrected chi connectivity index (χ0v) is 18.8. The smallest absolute Gasteiger partial charge is 0.229 e. The average molecular weight is 456 g/mol. The number of morpholine rings is 1. The number of pyridine rings is 1. The van der Waals surface area contributed by atoms with Gasteiger partial charge in [0.05, 0.1) is 41.9 Å². The second-order valence-corrected chi connectivity index (χ2v) is 9.07. The first-order valence-corrected chi connectivity index (χ1v) is 11.8. The number of nitrogens with one attached hydrogen (secondary N) is 2. The van der Waals surface area contributed by atoms with Crippen molar-refractivity contribution in [1.82, 2.24) is 19.9 Å². The summed E-state index contributed by atoms with van der Waals surface area (Å²) < 4.78 is 20.0. The quantitative estimate of drug-likeness (QED) is 0.566. The Kier molecular flexibility index (Phi) is 6.13. The fourth-order valence-electron chi connectivity index (χ4n) is 4.09. The van der Waals surface area contributed by atoms with Crippen LogP contribution < -0.4 is 15.5 Å². The average Bonchev–Trinajstić information content (AvgIpc) is 3.46. The number of hydrogen-bond donors (Lipinski definition) is 2. The molecule has 168 valence electrons. The Morgan fingerprint density at radius 3 is 2.66 bits per heavy atom. The van der Waals surface area contributed by atoms with Gasteiger partial charge in [0.15, 0.2) is 10.9 Å². The summed E-state index contributed by atoms with van der Waals surface area (Å²) in [4.78, 5) is 20.5. The molecule has 10 heteroatoms. The molecular weight excluding hydrogens is 429 g/mol. The summed E-state index contributed by atoms with van der Waals surface area (Å²) in [6.45, 7) is 5.03. The number of hydrogen-bond acceptors (Lipinski definition) is 9. The van der Waals surface area contributed by atoms with E-state index in [-0.39, 0.29) is 5.69 Å².